The van der Waals surface area contributed by atoms with Gasteiger partial charge in [0.25, 0.3) is 23.3 Å². The van der Waals surface area contributed by atoms with Gasteiger partial charge in [-0.05, 0) is 54.5 Å². The number of hydrogen-bond donors (Lipinski definition) is 3. The third-order valence-electron chi connectivity index (χ3n) is 7.59. The Balaban J connectivity index is 1.64. The van der Waals surface area contributed by atoms with Crippen LogP contribution >= 0.6 is 0 Å². The third-order valence-corrected chi connectivity index (χ3v) is 7.59. The number of carbonyl (C=O) groups excluding carboxylic acids is 5. The molecule has 0 radical (unpaired) electrons. The number of carbonyl (C=O) groups is 5. The summed E-state index contributed by atoms with van der Waals surface area (Å²) >= 11 is 0. The van der Waals surface area contributed by atoms with Crippen molar-refractivity contribution in [2.24, 2.45) is 11.8 Å². The molecule has 2 aromatic carbocycles. The molecule has 1 heterocycles. The summed E-state index contributed by atoms with van der Waals surface area (Å²) in [4.78, 5) is 75.6. The summed E-state index contributed by atoms with van der Waals surface area (Å²) < 4.78 is 39.3. The summed E-state index contributed by atoms with van der Waals surface area (Å²) in [5.74, 6) is -5.90. The highest BCUT2D eigenvalue weighted by Crippen LogP contribution is 2.24. The fourth-order valence-corrected chi connectivity index (χ4v) is 4.97. The van der Waals surface area contributed by atoms with Crippen molar-refractivity contribution in [3.8, 4) is 0 Å². The van der Waals surface area contributed by atoms with Crippen LogP contribution in [0.3, 0.4) is 0 Å². The largest absolute Gasteiger partial charge is 0.452 e. The Morgan fingerprint density at radius 3 is 1.91 bits per heavy atom. The second-order valence-corrected chi connectivity index (χ2v) is 11.7. The van der Waals surface area contributed by atoms with Crippen molar-refractivity contribution in [2.45, 2.75) is 71.4 Å². The highest BCUT2D eigenvalue weighted by molar-refractivity contribution is 6.00. The maximum Gasteiger partial charge on any atom is 0.452 e. The Morgan fingerprint density at radius 1 is 0.870 bits per heavy atom. The molecule has 3 rings (SSSR count). The molecule has 0 spiro atoms. The minimum absolute atomic E-state index is 0.0755. The summed E-state index contributed by atoms with van der Waals surface area (Å²) in [5.41, 5.74) is 0.955. The minimum Gasteiger partial charge on any atom is -0.348 e. The van der Waals surface area contributed by atoms with Gasteiger partial charge in [-0.15, -0.1) is 0 Å². The quantitative estimate of drug-likeness (QED) is 0.234. The van der Waals surface area contributed by atoms with E-state index in [4.69, 9.17) is 0 Å². The lowest BCUT2D eigenvalue weighted by Crippen LogP contribution is -2.58. The Hall–Kier alpha value is -4.82. The van der Waals surface area contributed by atoms with E-state index in [1.807, 2.05) is 0 Å². The number of nitrogens with one attached hydrogen (secondary N) is 3. The van der Waals surface area contributed by atoms with Crippen LogP contribution in [0.25, 0.3) is 0 Å². The zero-order chi connectivity index (χ0) is 34.3. The molecule has 1 saturated heterocycles. The van der Waals surface area contributed by atoms with Crippen molar-refractivity contribution in [1.29, 1.82) is 0 Å². The maximum absolute atomic E-state index is 13.6. The summed E-state index contributed by atoms with van der Waals surface area (Å²) in [7, 11) is 0. The second-order valence-electron chi connectivity index (χ2n) is 11.7. The van der Waals surface area contributed by atoms with Crippen LogP contribution in [0.5, 0.6) is 0 Å². The second kappa shape index (κ2) is 15.0. The standard InChI is InChI=1S/C31H36F3N5O7/c1-17(2)24(26(40)31(32,33)34)36-29(43)23-6-5-15-38(23)30(44)25(18(3)4)37-28(42)21-11-9-20(10-12-21)27(41)35-16-19-7-13-22(14-8-19)39(45)46/h7-14,17-18,23-25H,5-6,15-16H2,1-4H3,(H,35,41)(H,36,43)(H,37,42)/t23-,24?,25-/m0/s1. The highest BCUT2D eigenvalue weighted by Gasteiger charge is 2.46. The number of nitrogens with zero attached hydrogens (tertiary/aromatic N) is 2. The van der Waals surface area contributed by atoms with E-state index >= 15 is 0 Å². The van der Waals surface area contributed by atoms with Gasteiger partial charge in [0.2, 0.25) is 11.8 Å². The van der Waals surface area contributed by atoms with Crippen LogP contribution in [0.2, 0.25) is 0 Å². The van der Waals surface area contributed by atoms with E-state index in [-0.39, 0.29) is 36.3 Å². The molecule has 1 unspecified atom stereocenters. The molecule has 248 valence electrons. The van der Waals surface area contributed by atoms with Crippen molar-refractivity contribution in [3.05, 3.63) is 75.3 Å². The van der Waals surface area contributed by atoms with Crippen LogP contribution in [0, 0.1) is 22.0 Å². The number of nitro groups is 1. The fraction of sp³-hybridized carbons (Fsp3) is 0.452. The SMILES string of the molecule is CC(C)C(NC(=O)[C@@H]1CCCN1C(=O)[C@@H](NC(=O)c1ccc(C(=O)NCc2ccc([N+](=O)[O-])cc2)cc1)C(C)C)C(=O)C(F)(F)F. The summed E-state index contributed by atoms with van der Waals surface area (Å²) in [5, 5.41) is 18.3. The monoisotopic (exact) mass is 647 g/mol. The van der Waals surface area contributed by atoms with Crippen LogP contribution in [-0.4, -0.2) is 70.1 Å². The molecule has 0 aliphatic carbocycles. The molecular formula is C31H36F3N5O7. The average molecular weight is 648 g/mol. The molecule has 1 fully saturated rings. The fourth-order valence-electron chi connectivity index (χ4n) is 4.97. The average Bonchev–Trinajstić information content (AvgIpc) is 3.50. The van der Waals surface area contributed by atoms with Gasteiger partial charge in [-0.25, -0.2) is 0 Å². The normalized spacial score (nSPS) is 16.1. The first-order valence-corrected chi connectivity index (χ1v) is 14.7. The highest BCUT2D eigenvalue weighted by atomic mass is 19.4. The molecule has 0 saturated carbocycles. The van der Waals surface area contributed by atoms with Gasteiger partial charge in [-0.1, -0.05) is 39.8 Å². The van der Waals surface area contributed by atoms with E-state index < -0.39 is 70.5 Å². The molecular weight excluding hydrogens is 611 g/mol. The molecule has 15 heteroatoms. The number of alkyl halides is 3. The predicted molar refractivity (Wildman–Crippen MR) is 159 cm³/mol. The lowest BCUT2D eigenvalue weighted by Gasteiger charge is -2.32. The third kappa shape index (κ3) is 8.88. The smallest absolute Gasteiger partial charge is 0.348 e. The lowest BCUT2D eigenvalue weighted by molar-refractivity contribution is -0.384. The van der Waals surface area contributed by atoms with Gasteiger partial charge in [0.15, 0.2) is 0 Å². The number of ketones is 1. The van der Waals surface area contributed by atoms with Gasteiger partial charge >= 0.3 is 6.18 Å². The van der Waals surface area contributed by atoms with Gasteiger partial charge in [0, 0.05) is 36.3 Å². The van der Waals surface area contributed by atoms with E-state index in [1.165, 1.54) is 67.3 Å². The molecule has 1 aliphatic rings. The number of amides is 4. The van der Waals surface area contributed by atoms with Crippen LogP contribution in [0.1, 0.15) is 66.8 Å². The van der Waals surface area contributed by atoms with Crippen molar-refractivity contribution in [2.75, 3.05) is 6.54 Å². The van der Waals surface area contributed by atoms with Crippen molar-refractivity contribution in [3.63, 3.8) is 0 Å². The Morgan fingerprint density at radius 2 is 1.41 bits per heavy atom. The molecule has 12 nitrogen and oxygen atoms in total. The van der Waals surface area contributed by atoms with Gasteiger partial charge < -0.3 is 20.9 Å². The Kier molecular flexibility index (Phi) is 11.6. The van der Waals surface area contributed by atoms with Crippen molar-refractivity contribution in [1.82, 2.24) is 20.9 Å². The van der Waals surface area contributed by atoms with Crippen LogP contribution < -0.4 is 16.0 Å². The van der Waals surface area contributed by atoms with Gasteiger partial charge in [-0.2, -0.15) is 13.2 Å². The molecule has 2 aromatic rings. The van der Waals surface area contributed by atoms with E-state index in [9.17, 15) is 47.3 Å². The van der Waals surface area contributed by atoms with Gasteiger partial charge in [0.1, 0.15) is 12.1 Å². The molecule has 0 bridgehead atoms. The molecule has 3 atom stereocenters. The van der Waals surface area contributed by atoms with Crippen LogP contribution in [0.15, 0.2) is 48.5 Å². The number of nitro benzene ring substituents is 1. The van der Waals surface area contributed by atoms with Crippen molar-refractivity contribution < 1.29 is 42.1 Å². The number of halogens is 3. The van der Waals surface area contributed by atoms with Gasteiger partial charge in [-0.3, -0.25) is 34.1 Å². The lowest BCUT2D eigenvalue weighted by atomic mass is 9.98. The maximum atomic E-state index is 13.6. The van der Waals surface area contributed by atoms with Crippen molar-refractivity contribution >= 4 is 35.1 Å². The number of likely N-dealkylation sites (tertiary alicyclic amines) is 1. The molecule has 1 aliphatic heterocycles. The topological polar surface area (TPSA) is 168 Å². The van der Waals surface area contributed by atoms with E-state index in [1.54, 1.807) is 13.8 Å². The van der Waals surface area contributed by atoms with E-state index in [2.05, 4.69) is 16.0 Å². The van der Waals surface area contributed by atoms with E-state index in [0.717, 1.165) is 0 Å². The van der Waals surface area contributed by atoms with Crippen LogP contribution in [-0.2, 0) is 20.9 Å². The first kappa shape index (κ1) is 35.7. The summed E-state index contributed by atoms with van der Waals surface area (Å²) in [6, 6.07) is 7.32. The number of Topliss-reactive ketones (excluding diaryl/α,β-unsaturated/α-hetero) is 1. The zero-order valence-electron chi connectivity index (χ0n) is 25.7. The first-order chi connectivity index (χ1) is 21.5. The number of hydrogen-bond acceptors (Lipinski definition) is 7. The number of non-ortho nitro benzene ring substituents is 1. The summed E-state index contributed by atoms with van der Waals surface area (Å²) in [6.45, 7) is 6.36. The summed E-state index contributed by atoms with van der Waals surface area (Å²) in [6.07, 6.45) is -4.57. The molecule has 46 heavy (non-hydrogen) atoms. The Labute approximate surface area is 263 Å². The predicted octanol–water partition coefficient (Wildman–Crippen LogP) is 3.54. The van der Waals surface area contributed by atoms with E-state index in [0.29, 0.717) is 12.0 Å². The Bertz CT molecular complexity index is 1460. The number of benzene rings is 2. The van der Waals surface area contributed by atoms with Crippen LogP contribution in [0.4, 0.5) is 18.9 Å². The zero-order valence-corrected chi connectivity index (χ0v) is 25.7. The minimum atomic E-state index is -5.14. The molecule has 4 amide bonds. The number of rotatable bonds is 12. The molecule has 0 aromatic heterocycles. The van der Waals surface area contributed by atoms with Gasteiger partial charge in [0.05, 0.1) is 11.0 Å². The first-order valence-electron chi connectivity index (χ1n) is 14.7. The molecule has 3 N–H and O–H groups in total.